The van der Waals surface area contributed by atoms with E-state index < -0.39 is 23.2 Å². The first kappa shape index (κ1) is 23.6. The Balaban J connectivity index is 1.64. The fourth-order valence-corrected chi connectivity index (χ4v) is 5.16. The number of aromatic nitrogens is 7. The molecule has 0 aliphatic heterocycles. The van der Waals surface area contributed by atoms with Crippen LogP contribution < -0.4 is 16.6 Å². The number of nitrogens with zero attached hydrogens (tertiary/aromatic N) is 7. The quantitative estimate of drug-likeness (QED) is 0.340. The third-order valence-corrected chi connectivity index (χ3v) is 7.18. The number of halogens is 2. The Morgan fingerprint density at radius 3 is 2.71 bits per heavy atom. The Hall–Kier alpha value is -4.78. The standard InChI is InChI=1S/C25H19F2N9OS/c1-12(36-23-19(22(28)31-11-32-23)21(34-36)16-9-30-25(29-2)38-16)20-18(13-4-3-5-14(26)8-13)24(37)35-10-15(27)6-7-17(35)33-20/h3-12H,1-2H3,(H,29,30)(H2,28,31,32). The van der Waals surface area contributed by atoms with E-state index in [2.05, 4.69) is 20.3 Å². The highest BCUT2D eigenvalue weighted by molar-refractivity contribution is 7.18. The second-order valence-corrected chi connectivity index (χ2v) is 9.50. The van der Waals surface area contributed by atoms with Crippen LogP contribution in [0.25, 0.3) is 38.4 Å². The first-order valence-electron chi connectivity index (χ1n) is 11.5. The summed E-state index contributed by atoms with van der Waals surface area (Å²) in [6.07, 6.45) is 4.06. The molecule has 0 saturated heterocycles. The number of rotatable bonds is 5. The Bertz CT molecular complexity index is 1910. The van der Waals surface area contributed by atoms with Gasteiger partial charge in [-0.2, -0.15) is 5.10 Å². The largest absolute Gasteiger partial charge is 0.383 e. The first-order chi connectivity index (χ1) is 18.4. The molecule has 0 spiro atoms. The lowest BCUT2D eigenvalue weighted by Gasteiger charge is -2.18. The summed E-state index contributed by atoms with van der Waals surface area (Å²) in [4.78, 5) is 32.0. The van der Waals surface area contributed by atoms with Crippen molar-refractivity contribution in [3.05, 3.63) is 82.8 Å². The maximum Gasteiger partial charge on any atom is 0.266 e. The molecule has 1 unspecified atom stereocenters. The van der Waals surface area contributed by atoms with Gasteiger partial charge in [0.1, 0.15) is 35.1 Å². The zero-order valence-electron chi connectivity index (χ0n) is 20.1. The van der Waals surface area contributed by atoms with Crippen LogP contribution in [0.2, 0.25) is 0 Å². The van der Waals surface area contributed by atoms with Gasteiger partial charge >= 0.3 is 0 Å². The third-order valence-electron chi connectivity index (χ3n) is 6.16. The minimum Gasteiger partial charge on any atom is -0.383 e. The lowest BCUT2D eigenvalue weighted by molar-refractivity contribution is 0.566. The second-order valence-electron chi connectivity index (χ2n) is 8.47. The number of nitrogen functional groups attached to an aromatic ring is 1. The zero-order valence-corrected chi connectivity index (χ0v) is 20.9. The molecule has 190 valence electrons. The Morgan fingerprint density at radius 2 is 1.95 bits per heavy atom. The molecule has 3 N–H and O–H groups in total. The van der Waals surface area contributed by atoms with Gasteiger partial charge in [-0.25, -0.2) is 33.4 Å². The van der Waals surface area contributed by atoms with Crippen molar-refractivity contribution >= 4 is 39.0 Å². The second kappa shape index (κ2) is 8.95. The van der Waals surface area contributed by atoms with Crippen molar-refractivity contribution in [3.8, 4) is 21.7 Å². The molecule has 0 saturated carbocycles. The molecule has 10 nitrogen and oxygen atoms in total. The van der Waals surface area contributed by atoms with Crippen LogP contribution in [0, 0.1) is 11.6 Å². The molecule has 1 atom stereocenters. The molecule has 6 aromatic rings. The van der Waals surface area contributed by atoms with Gasteiger partial charge in [-0.15, -0.1) is 0 Å². The highest BCUT2D eigenvalue weighted by Gasteiger charge is 2.27. The summed E-state index contributed by atoms with van der Waals surface area (Å²) in [5.74, 6) is -0.897. The van der Waals surface area contributed by atoms with Crippen LogP contribution >= 0.6 is 11.3 Å². The Kier molecular flexibility index (Phi) is 5.56. The van der Waals surface area contributed by atoms with Crippen LogP contribution in [0.1, 0.15) is 18.7 Å². The van der Waals surface area contributed by atoms with E-state index in [4.69, 9.17) is 15.8 Å². The van der Waals surface area contributed by atoms with Crippen molar-refractivity contribution in [2.24, 2.45) is 0 Å². The van der Waals surface area contributed by atoms with Gasteiger partial charge in [0.05, 0.1) is 27.6 Å². The topological polar surface area (TPSA) is 129 Å². The van der Waals surface area contributed by atoms with Gasteiger partial charge in [0.15, 0.2) is 10.8 Å². The summed E-state index contributed by atoms with van der Waals surface area (Å²) in [5.41, 5.74) is 7.60. The molecule has 0 aliphatic carbocycles. The molecule has 0 aliphatic rings. The monoisotopic (exact) mass is 531 g/mol. The van der Waals surface area contributed by atoms with E-state index in [0.717, 1.165) is 15.5 Å². The van der Waals surface area contributed by atoms with Gasteiger partial charge < -0.3 is 11.1 Å². The molecular formula is C25H19F2N9OS. The number of nitrogens with two attached hydrogens (primary N) is 1. The van der Waals surface area contributed by atoms with E-state index in [9.17, 15) is 13.6 Å². The average molecular weight is 532 g/mol. The smallest absolute Gasteiger partial charge is 0.266 e. The highest BCUT2D eigenvalue weighted by Crippen LogP contribution is 2.37. The number of nitrogens with one attached hydrogen (secondary N) is 1. The summed E-state index contributed by atoms with van der Waals surface area (Å²) in [7, 11) is 1.77. The van der Waals surface area contributed by atoms with Crippen LogP contribution in [0.5, 0.6) is 0 Å². The molecule has 6 rings (SSSR count). The van der Waals surface area contributed by atoms with Crippen LogP contribution in [0.15, 0.2) is 59.9 Å². The zero-order chi connectivity index (χ0) is 26.6. The highest BCUT2D eigenvalue weighted by atomic mass is 32.1. The van der Waals surface area contributed by atoms with E-state index in [0.29, 0.717) is 33.1 Å². The van der Waals surface area contributed by atoms with Gasteiger partial charge in [0.2, 0.25) is 0 Å². The minimum atomic E-state index is -0.668. The van der Waals surface area contributed by atoms with Crippen LogP contribution in [0.3, 0.4) is 0 Å². The molecule has 0 fully saturated rings. The van der Waals surface area contributed by atoms with E-state index in [1.165, 1.54) is 48.0 Å². The van der Waals surface area contributed by atoms with Crippen molar-refractivity contribution in [3.63, 3.8) is 0 Å². The lowest BCUT2D eigenvalue weighted by atomic mass is 10.0. The fraction of sp³-hybridized carbons (Fsp3) is 0.120. The fourth-order valence-electron chi connectivity index (χ4n) is 4.40. The SMILES string of the molecule is CNc1ncc(-c2nn(C(C)c3nc4ccc(F)cn4c(=O)c3-c3cccc(F)c3)c3ncnc(N)c23)s1. The number of hydrogen-bond acceptors (Lipinski definition) is 9. The molecule has 0 bridgehead atoms. The summed E-state index contributed by atoms with van der Waals surface area (Å²) in [6.45, 7) is 1.80. The van der Waals surface area contributed by atoms with Gasteiger partial charge in [0.25, 0.3) is 5.56 Å². The summed E-state index contributed by atoms with van der Waals surface area (Å²) < 4.78 is 31.0. The van der Waals surface area contributed by atoms with Crippen molar-refractivity contribution in [2.75, 3.05) is 18.1 Å². The van der Waals surface area contributed by atoms with Crippen molar-refractivity contribution in [2.45, 2.75) is 13.0 Å². The van der Waals surface area contributed by atoms with E-state index >= 15 is 0 Å². The van der Waals surface area contributed by atoms with Crippen molar-refractivity contribution in [1.82, 2.24) is 34.1 Å². The number of pyridine rings is 1. The summed E-state index contributed by atoms with van der Waals surface area (Å²) >= 11 is 1.38. The van der Waals surface area contributed by atoms with Gasteiger partial charge in [-0.05, 0) is 36.8 Å². The Labute approximate surface area is 217 Å². The predicted molar refractivity (Wildman–Crippen MR) is 141 cm³/mol. The van der Waals surface area contributed by atoms with E-state index in [1.807, 2.05) is 0 Å². The predicted octanol–water partition coefficient (Wildman–Crippen LogP) is 4.14. The minimum absolute atomic E-state index is 0.114. The number of anilines is 2. The van der Waals surface area contributed by atoms with Crippen molar-refractivity contribution in [1.29, 1.82) is 0 Å². The van der Waals surface area contributed by atoms with Crippen LogP contribution in [-0.4, -0.2) is 41.2 Å². The van der Waals surface area contributed by atoms with E-state index in [-0.39, 0.29) is 17.0 Å². The van der Waals surface area contributed by atoms with Gasteiger partial charge in [-0.1, -0.05) is 23.5 Å². The molecule has 1 aromatic carbocycles. The Morgan fingerprint density at radius 1 is 1.11 bits per heavy atom. The lowest BCUT2D eigenvalue weighted by Crippen LogP contribution is -2.23. The van der Waals surface area contributed by atoms with E-state index in [1.54, 1.807) is 30.9 Å². The third kappa shape index (κ3) is 3.75. The molecule has 5 aromatic heterocycles. The molecule has 38 heavy (non-hydrogen) atoms. The maximum absolute atomic E-state index is 14.2. The number of thiazole rings is 1. The van der Waals surface area contributed by atoms with Gasteiger partial charge in [-0.3, -0.25) is 9.20 Å². The molecule has 0 amide bonds. The first-order valence-corrected chi connectivity index (χ1v) is 12.3. The number of fused-ring (bicyclic) bond motifs is 2. The summed E-state index contributed by atoms with van der Waals surface area (Å²) in [5, 5.41) is 9.03. The molecule has 0 radical (unpaired) electrons. The van der Waals surface area contributed by atoms with Crippen LogP contribution in [0.4, 0.5) is 19.7 Å². The number of benzene rings is 1. The van der Waals surface area contributed by atoms with Gasteiger partial charge in [0, 0.05) is 19.4 Å². The average Bonchev–Trinajstić information content (AvgIpc) is 3.54. The van der Waals surface area contributed by atoms with Crippen molar-refractivity contribution < 1.29 is 8.78 Å². The maximum atomic E-state index is 14.2. The molecule has 5 heterocycles. The normalized spacial score (nSPS) is 12.3. The van der Waals surface area contributed by atoms with Crippen LogP contribution in [-0.2, 0) is 0 Å². The number of hydrogen-bond donors (Lipinski definition) is 2. The summed E-state index contributed by atoms with van der Waals surface area (Å²) in [6, 6.07) is 7.58. The molecule has 13 heteroatoms. The molecular weight excluding hydrogens is 512 g/mol.